The largest absolute Gasteiger partial charge is 0.383 e. The number of hydrogen-bond acceptors (Lipinski definition) is 3. The van der Waals surface area contributed by atoms with Gasteiger partial charge in [-0.1, -0.05) is 27.7 Å². The highest BCUT2D eigenvalue weighted by atomic mass is 16.5. The van der Waals surface area contributed by atoms with Gasteiger partial charge in [0.25, 0.3) is 0 Å². The Morgan fingerprint density at radius 1 is 1.25 bits per heavy atom. The van der Waals surface area contributed by atoms with Gasteiger partial charge >= 0.3 is 0 Å². The molecular formula is C17H36N2O. The normalized spacial score (nSPS) is 28.1. The Kier molecular flexibility index (Phi) is 7.49. The van der Waals surface area contributed by atoms with Gasteiger partial charge in [-0.25, -0.2) is 0 Å². The molecule has 1 saturated carbocycles. The van der Waals surface area contributed by atoms with E-state index < -0.39 is 0 Å². The van der Waals surface area contributed by atoms with Crippen LogP contribution in [0.2, 0.25) is 0 Å². The van der Waals surface area contributed by atoms with Crippen LogP contribution in [0.15, 0.2) is 0 Å². The summed E-state index contributed by atoms with van der Waals surface area (Å²) in [5, 5.41) is 3.55. The Hall–Kier alpha value is -0.120. The van der Waals surface area contributed by atoms with E-state index in [1.54, 1.807) is 7.11 Å². The molecule has 0 amide bonds. The summed E-state index contributed by atoms with van der Waals surface area (Å²) in [5.74, 6) is 1.63. The van der Waals surface area contributed by atoms with Gasteiger partial charge in [-0.05, 0) is 50.1 Å². The lowest BCUT2D eigenvalue weighted by atomic mass is 9.67. The van der Waals surface area contributed by atoms with Gasteiger partial charge in [-0.3, -0.25) is 0 Å². The van der Waals surface area contributed by atoms with Crippen molar-refractivity contribution in [2.75, 3.05) is 40.4 Å². The fraction of sp³-hybridized carbons (Fsp3) is 1.00. The standard InChI is InChI=1S/C17H36N2O/c1-7-19(10-11-20-6)13-14-12-15(17(2,3)4)8-9-16(14)18-5/h14-16,18H,7-13H2,1-6H3. The predicted octanol–water partition coefficient (Wildman–Crippen LogP) is 3.01. The van der Waals surface area contributed by atoms with E-state index in [4.69, 9.17) is 4.74 Å². The van der Waals surface area contributed by atoms with Crippen molar-refractivity contribution in [3.05, 3.63) is 0 Å². The minimum atomic E-state index is 0.445. The van der Waals surface area contributed by atoms with Crippen LogP contribution in [-0.2, 0) is 4.74 Å². The first-order valence-electron chi connectivity index (χ1n) is 8.30. The molecule has 0 bridgehead atoms. The van der Waals surface area contributed by atoms with E-state index in [0.717, 1.165) is 31.5 Å². The minimum Gasteiger partial charge on any atom is -0.383 e. The second-order valence-electron chi connectivity index (χ2n) is 7.42. The van der Waals surface area contributed by atoms with Crippen LogP contribution in [-0.4, -0.2) is 51.3 Å². The third kappa shape index (κ3) is 5.34. The van der Waals surface area contributed by atoms with Crippen LogP contribution < -0.4 is 5.32 Å². The maximum Gasteiger partial charge on any atom is 0.0589 e. The Labute approximate surface area is 126 Å². The van der Waals surface area contributed by atoms with Gasteiger partial charge in [0, 0.05) is 26.2 Å². The second kappa shape index (κ2) is 8.35. The molecule has 0 aromatic rings. The first-order chi connectivity index (χ1) is 9.42. The number of methoxy groups -OCH3 is 1. The summed E-state index contributed by atoms with van der Waals surface area (Å²) in [5.41, 5.74) is 0.445. The molecule has 1 N–H and O–H groups in total. The predicted molar refractivity (Wildman–Crippen MR) is 87.1 cm³/mol. The summed E-state index contributed by atoms with van der Waals surface area (Å²) >= 11 is 0. The van der Waals surface area contributed by atoms with Crippen molar-refractivity contribution in [2.45, 2.75) is 53.0 Å². The van der Waals surface area contributed by atoms with Crippen molar-refractivity contribution in [3.63, 3.8) is 0 Å². The molecule has 0 heterocycles. The zero-order chi connectivity index (χ0) is 15.2. The highest BCUT2D eigenvalue weighted by Gasteiger charge is 2.35. The minimum absolute atomic E-state index is 0.445. The van der Waals surface area contributed by atoms with Crippen molar-refractivity contribution in [1.82, 2.24) is 10.2 Å². The molecule has 1 rings (SSSR count). The maximum absolute atomic E-state index is 5.23. The quantitative estimate of drug-likeness (QED) is 0.778. The van der Waals surface area contributed by atoms with Crippen LogP contribution in [0.5, 0.6) is 0 Å². The Bertz CT molecular complexity index is 262. The fourth-order valence-electron chi connectivity index (χ4n) is 3.56. The summed E-state index contributed by atoms with van der Waals surface area (Å²) in [6.45, 7) is 13.7. The molecule has 0 radical (unpaired) electrons. The molecule has 3 atom stereocenters. The van der Waals surface area contributed by atoms with E-state index >= 15 is 0 Å². The lowest BCUT2D eigenvalue weighted by molar-refractivity contribution is 0.0796. The van der Waals surface area contributed by atoms with Crippen molar-refractivity contribution in [3.8, 4) is 0 Å². The summed E-state index contributed by atoms with van der Waals surface area (Å²) in [4.78, 5) is 2.55. The molecule has 1 aliphatic carbocycles. The summed E-state index contributed by atoms with van der Waals surface area (Å²) < 4.78 is 5.23. The average molecular weight is 284 g/mol. The van der Waals surface area contributed by atoms with Crippen molar-refractivity contribution >= 4 is 0 Å². The van der Waals surface area contributed by atoms with Crippen LogP contribution in [0.25, 0.3) is 0 Å². The summed E-state index contributed by atoms with van der Waals surface area (Å²) in [6, 6.07) is 0.685. The average Bonchev–Trinajstić information content (AvgIpc) is 2.42. The van der Waals surface area contributed by atoms with Gasteiger partial charge in [0.15, 0.2) is 0 Å². The van der Waals surface area contributed by atoms with E-state index in [0.29, 0.717) is 11.5 Å². The topological polar surface area (TPSA) is 24.5 Å². The Morgan fingerprint density at radius 2 is 1.95 bits per heavy atom. The number of rotatable bonds is 7. The molecule has 3 unspecified atom stereocenters. The zero-order valence-corrected chi connectivity index (χ0v) is 14.5. The van der Waals surface area contributed by atoms with Crippen LogP contribution in [0.4, 0.5) is 0 Å². The summed E-state index contributed by atoms with van der Waals surface area (Å²) in [6.07, 6.45) is 4.05. The van der Waals surface area contributed by atoms with Gasteiger partial charge in [0.2, 0.25) is 0 Å². The Morgan fingerprint density at radius 3 is 2.45 bits per heavy atom. The van der Waals surface area contributed by atoms with Gasteiger partial charge in [-0.15, -0.1) is 0 Å². The van der Waals surface area contributed by atoms with Crippen LogP contribution in [0, 0.1) is 17.3 Å². The molecule has 120 valence electrons. The van der Waals surface area contributed by atoms with E-state index in [2.05, 4.69) is 45.0 Å². The van der Waals surface area contributed by atoms with Gasteiger partial charge < -0.3 is 15.0 Å². The summed E-state index contributed by atoms with van der Waals surface area (Å²) in [7, 11) is 3.92. The second-order valence-corrected chi connectivity index (χ2v) is 7.42. The van der Waals surface area contributed by atoms with E-state index in [1.807, 2.05) is 0 Å². The fourth-order valence-corrected chi connectivity index (χ4v) is 3.56. The van der Waals surface area contributed by atoms with E-state index in [1.165, 1.54) is 25.8 Å². The molecule has 3 heteroatoms. The molecule has 1 aliphatic rings. The highest BCUT2D eigenvalue weighted by Crippen LogP contribution is 2.40. The third-order valence-corrected chi connectivity index (χ3v) is 5.13. The number of nitrogens with one attached hydrogen (secondary N) is 1. The van der Waals surface area contributed by atoms with Crippen molar-refractivity contribution in [1.29, 1.82) is 0 Å². The molecule has 20 heavy (non-hydrogen) atoms. The van der Waals surface area contributed by atoms with E-state index in [-0.39, 0.29) is 0 Å². The molecular weight excluding hydrogens is 248 g/mol. The number of hydrogen-bond donors (Lipinski definition) is 1. The van der Waals surface area contributed by atoms with Crippen LogP contribution in [0.3, 0.4) is 0 Å². The van der Waals surface area contributed by atoms with Crippen LogP contribution >= 0.6 is 0 Å². The van der Waals surface area contributed by atoms with Crippen molar-refractivity contribution in [2.24, 2.45) is 17.3 Å². The first-order valence-corrected chi connectivity index (χ1v) is 8.30. The number of ether oxygens (including phenoxy) is 1. The lowest BCUT2D eigenvalue weighted by Gasteiger charge is -2.43. The highest BCUT2D eigenvalue weighted by molar-refractivity contribution is 4.89. The SMILES string of the molecule is CCN(CCOC)CC1CC(C(C)(C)C)CCC1NC. The number of likely N-dealkylation sites (N-methyl/N-ethyl adjacent to an activating group) is 1. The van der Waals surface area contributed by atoms with Gasteiger partial charge in [0.1, 0.15) is 0 Å². The lowest BCUT2D eigenvalue weighted by Crippen LogP contribution is -2.46. The zero-order valence-electron chi connectivity index (χ0n) is 14.5. The molecule has 0 spiro atoms. The smallest absolute Gasteiger partial charge is 0.0589 e. The molecule has 3 nitrogen and oxygen atoms in total. The first kappa shape index (κ1) is 17.9. The molecule has 0 aromatic carbocycles. The number of nitrogens with zero attached hydrogens (tertiary/aromatic N) is 1. The van der Waals surface area contributed by atoms with Gasteiger partial charge in [0.05, 0.1) is 6.61 Å². The van der Waals surface area contributed by atoms with Crippen molar-refractivity contribution < 1.29 is 4.74 Å². The van der Waals surface area contributed by atoms with Gasteiger partial charge in [-0.2, -0.15) is 0 Å². The maximum atomic E-state index is 5.23. The molecule has 0 aromatic heterocycles. The third-order valence-electron chi connectivity index (χ3n) is 5.13. The van der Waals surface area contributed by atoms with Crippen LogP contribution in [0.1, 0.15) is 47.0 Å². The molecule has 0 aliphatic heterocycles. The molecule has 0 saturated heterocycles. The monoisotopic (exact) mass is 284 g/mol. The van der Waals surface area contributed by atoms with E-state index in [9.17, 15) is 0 Å². The molecule has 1 fully saturated rings. The Balaban J connectivity index is 2.61.